The van der Waals surface area contributed by atoms with Crippen LogP contribution in [0.4, 0.5) is 17.1 Å². The van der Waals surface area contributed by atoms with Gasteiger partial charge in [-0.05, 0) is 48.5 Å². The lowest BCUT2D eigenvalue weighted by molar-refractivity contribution is 0.0996. The summed E-state index contributed by atoms with van der Waals surface area (Å²) in [7, 11) is 1.63. The number of hydrogen-bond acceptors (Lipinski definition) is 4. The molecule has 0 saturated heterocycles. The molecule has 0 spiro atoms. The lowest BCUT2D eigenvalue weighted by atomic mass is 10.2. The maximum absolute atomic E-state index is 12.1. The molecule has 0 radical (unpaired) electrons. The third kappa shape index (κ3) is 3.52. The molecule has 116 valence electrons. The Morgan fingerprint density at radius 2 is 1.70 bits per heavy atom. The fraction of sp³-hybridized carbons (Fsp3) is 0.0556. The number of anilines is 3. The number of furan rings is 1. The number of benzene rings is 2. The third-order valence-corrected chi connectivity index (χ3v) is 3.29. The van der Waals surface area contributed by atoms with Crippen molar-refractivity contribution in [2.24, 2.45) is 0 Å². The summed E-state index contributed by atoms with van der Waals surface area (Å²) < 4.78 is 10.2. The number of para-hydroxylation sites is 2. The van der Waals surface area contributed by atoms with Crippen LogP contribution >= 0.6 is 0 Å². The van der Waals surface area contributed by atoms with E-state index < -0.39 is 0 Å². The van der Waals surface area contributed by atoms with Crippen LogP contribution in [0.5, 0.6) is 5.75 Å². The second-order valence-corrected chi connectivity index (χ2v) is 4.83. The summed E-state index contributed by atoms with van der Waals surface area (Å²) in [6.45, 7) is 0. The molecule has 3 aromatic rings. The second-order valence-electron chi connectivity index (χ2n) is 4.83. The molecule has 2 N–H and O–H groups in total. The lowest BCUT2D eigenvalue weighted by Crippen LogP contribution is -2.12. The second kappa shape index (κ2) is 6.70. The first-order valence-electron chi connectivity index (χ1n) is 7.11. The van der Waals surface area contributed by atoms with Crippen molar-refractivity contribution in [1.82, 2.24) is 0 Å². The van der Waals surface area contributed by atoms with E-state index in [-0.39, 0.29) is 11.7 Å². The van der Waals surface area contributed by atoms with Gasteiger partial charge < -0.3 is 19.8 Å². The summed E-state index contributed by atoms with van der Waals surface area (Å²) in [5.74, 6) is 0.762. The first-order valence-corrected chi connectivity index (χ1v) is 7.11. The van der Waals surface area contributed by atoms with Crippen molar-refractivity contribution in [3.63, 3.8) is 0 Å². The molecule has 0 atom stereocenters. The first-order chi connectivity index (χ1) is 11.3. The Balaban J connectivity index is 1.78. The Hall–Kier alpha value is -3.21. The average molecular weight is 308 g/mol. The minimum absolute atomic E-state index is 0.268. The molecule has 5 nitrogen and oxygen atoms in total. The van der Waals surface area contributed by atoms with Gasteiger partial charge in [-0.15, -0.1) is 0 Å². The molecule has 0 bridgehead atoms. The zero-order valence-corrected chi connectivity index (χ0v) is 12.6. The van der Waals surface area contributed by atoms with E-state index in [2.05, 4.69) is 10.6 Å². The molecule has 1 aromatic heterocycles. The van der Waals surface area contributed by atoms with Crippen LogP contribution in [0.25, 0.3) is 0 Å². The smallest absolute Gasteiger partial charge is 0.291 e. The highest BCUT2D eigenvalue weighted by Gasteiger charge is 2.11. The van der Waals surface area contributed by atoms with Gasteiger partial charge in [0.2, 0.25) is 0 Å². The fourth-order valence-electron chi connectivity index (χ4n) is 2.12. The Morgan fingerprint density at radius 3 is 2.35 bits per heavy atom. The number of amides is 1. The molecule has 3 rings (SSSR count). The maximum atomic E-state index is 12.1. The number of nitrogens with one attached hydrogen (secondary N) is 2. The van der Waals surface area contributed by atoms with Crippen LogP contribution in [0.2, 0.25) is 0 Å². The van der Waals surface area contributed by atoms with Crippen molar-refractivity contribution in [2.45, 2.75) is 0 Å². The zero-order chi connectivity index (χ0) is 16.1. The minimum atomic E-state index is -0.293. The molecule has 0 saturated carbocycles. The molecule has 1 heterocycles. The predicted octanol–water partition coefficient (Wildman–Crippen LogP) is 4.28. The molecule has 2 aromatic carbocycles. The van der Waals surface area contributed by atoms with Crippen molar-refractivity contribution < 1.29 is 13.9 Å². The molecule has 23 heavy (non-hydrogen) atoms. The first kappa shape index (κ1) is 14.7. The van der Waals surface area contributed by atoms with Crippen LogP contribution in [0.1, 0.15) is 10.6 Å². The summed E-state index contributed by atoms with van der Waals surface area (Å²) >= 11 is 0. The summed E-state index contributed by atoms with van der Waals surface area (Å²) in [5.41, 5.74) is 2.35. The van der Waals surface area contributed by atoms with E-state index >= 15 is 0 Å². The van der Waals surface area contributed by atoms with Crippen LogP contribution < -0.4 is 15.4 Å². The summed E-state index contributed by atoms with van der Waals surface area (Å²) in [6, 6.07) is 18.3. The molecular formula is C18H16N2O3. The van der Waals surface area contributed by atoms with E-state index in [4.69, 9.17) is 9.15 Å². The van der Waals surface area contributed by atoms with Gasteiger partial charge in [0.25, 0.3) is 5.91 Å². The number of methoxy groups -OCH3 is 1. The predicted molar refractivity (Wildman–Crippen MR) is 89.4 cm³/mol. The maximum Gasteiger partial charge on any atom is 0.291 e. The highest BCUT2D eigenvalue weighted by atomic mass is 16.5. The molecule has 0 fully saturated rings. The Morgan fingerprint density at radius 1 is 0.957 bits per heavy atom. The molecule has 5 heteroatoms. The van der Waals surface area contributed by atoms with E-state index in [9.17, 15) is 4.79 Å². The van der Waals surface area contributed by atoms with Gasteiger partial charge in [0, 0.05) is 5.69 Å². The van der Waals surface area contributed by atoms with Gasteiger partial charge in [0.15, 0.2) is 5.76 Å². The SMILES string of the molecule is COc1ccc(Nc2ccccc2NC(=O)c2ccco2)cc1. The largest absolute Gasteiger partial charge is 0.497 e. The molecule has 0 aliphatic carbocycles. The van der Waals surface area contributed by atoms with Gasteiger partial charge in [-0.2, -0.15) is 0 Å². The third-order valence-electron chi connectivity index (χ3n) is 3.29. The van der Waals surface area contributed by atoms with Crippen LogP contribution in [0.15, 0.2) is 71.3 Å². The van der Waals surface area contributed by atoms with E-state index in [1.165, 1.54) is 6.26 Å². The van der Waals surface area contributed by atoms with Gasteiger partial charge in [-0.25, -0.2) is 0 Å². The number of ether oxygens (including phenoxy) is 1. The van der Waals surface area contributed by atoms with E-state index in [0.29, 0.717) is 5.69 Å². The van der Waals surface area contributed by atoms with E-state index in [0.717, 1.165) is 17.1 Å². The van der Waals surface area contributed by atoms with Crippen LogP contribution in [0.3, 0.4) is 0 Å². The average Bonchev–Trinajstić information content (AvgIpc) is 3.12. The highest BCUT2D eigenvalue weighted by molar-refractivity contribution is 6.04. The Labute approximate surface area is 133 Å². The summed E-state index contributed by atoms with van der Waals surface area (Å²) in [6.07, 6.45) is 1.47. The van der Waals surface area contributed by atoms with E-state index in [1.54, 1.807) is 19.2 Å². The Kier molecular flexibility index (Phi) is 4.29. The number of carbonyl (C=O) groups excluding carboxylic acids is 1. The quantitative estimate of drug-likeness (QED) is 0.738. The normalized spacial score (nSPS) is 10.1. The highest BCUT2D eigenvalue weighted by Crippen LogP contribution is 2.26. The lowest BCUT2D eigenvalue weighted by Gasteiger charge is -2.13. The van der Waals surface area contributed by atoms with Crippen LogP contribution in [-0.2, 0) is 0 Å². The van der Waals surface area contributed by atoms with Crippen molar-refractivity contribution >= 4 is 23.0 Å². The zero-order valence-electron chi connectivity index (χ0n) is 12.6. The molecule has 0 unspecified atom stereocenters. The summed E-state index contributed by atoms with van der Waals surface area (Å²) in [4.78, 5) is 12.1. The van der Waals surface area contributed by atoms with Crippen molar-refractivity contribution in [2.75, 3.05) is 17.7 Å². The molecule has 1 amide bonds. The van der Waals surface area contributed by atoms with Crippen molar-refractivity contribution in [3.05, 3.63) is 72.7 Å². The monoisotopic (exact) mass is 308 g/mol. The molecule has 0 aliphatic rings. The van der Waals surface area contributed by atoms with Gasteiger partial charge in [-0.3, -0.25) is 4.79 Å². The minimum Gasteiger partial charge on any atom is -0.497 e. The van der Waals surface area contributed by atoms with Gasteiger partial charge in [0.05, 0.1) is 24.7 Å². The van der Waals surface area contributed by atoms with Gasteiger partial charge >= 0.3 is 0 Å². The van der Waals surface area contributed by atoms with Crippen LogP contribution in [-0.4, -0.2) is 13.0 Å². The number of hydrogen-bond donors (Lipinski definition) is 2. The van der Waals surface area contributed by atoms with Crippen LogP contribution in [0, 0.1) is 0 Å². The van der Waals surface area contributed by atoms with Gasteiger partial charge in [-0.1, -0.05) is 12.1 Å². The van der Waals surface area contributed by atoms with Gasteiger partial charge in [0.1, 0.15) is 5.75 Å². The molecular weight excluding hydrogens is 292 g/mol. The Bertz CT molecular complexity index is 780. The van der Waals surface area contributed by atoms with Crippen molar-refractivity contribution in [1.29, 1.82) is 0 Å². The number of rotatable bonds is 5. The standard InChI is InChI=1S/C18H16N2O3/c1-22-14-10-8-13(9-11-14)19-15-5-2-3-6-16(15)20-18(21)17-7-4-12-23-17/h2-12,19H,1H3,(H,20,21). The van der Waals surface area contributed by atoms with E-state index in [1.807, 2.05) is 48.5 Å². The van der Waals surface area contributed by atoms with Crippen molar-refractivity contribution in [3.8, 4) is 5.75 Å². The summed E-state index contributed by atoms with van der Waals surface area (Å²) in [5, 5.41) is 6.11. The fourth-order valence-corrected chi connectivity index (χ4v) is 2.12. The molecule has 0 aliphatic heterocycles. The topological polar surface area (TPSA) is 63.5 Å². The number of carbonyl (C=O) groups is 1.